The van der Waals surface area contributed by atoms with Gasteiger partial charge in [0.1, 0.15) is 5.39 Å². The van der Waals surface area contributed by atoms with E-state index in [2.05, 4.69) is 25.8 Å². The predicted molar refractivity (Wildman–Crippen MR) is 140 cm³/mol. The summed E-state index contributed by atoms with van der Waals surface area (Å²) >= 11 is 0. The van der Waals surface area contributed by atoms with E-state index in [0.29, 0.717) is 41.9 Å². The van der Waals surface area contributed by atoms with Gasteiger partial charge in [-0.1, -0.05) is 20.8 Å². The third-order valence-corrected chi connectivity index (χ3v) is 12.0. The van der Waals surface area contributed by atoms with Crippen LogP contribution in [-0.4, -0.2) is 27.4 Å². The van der Waals surface area contributed by atoms with Crippen molar-refractivity contribution in [1.82, 2.24) is 4.98 Å². The fourth-order valence-electron chi connectivity index (χ4n) is 9.96. The van der Waals surface area contributed by atoms with Crippen molar-refractivity contribution < 1.29 is 23.4 Å². The minimum absolute atomic E-state index is 0.115. The van der Waals surface area contributed by atoms with Crippen LogP contribution in [0.3, 0.4) is 0 Å². The maximum Gasteiger partial charge on any atom is 0.349 e. The number of benzene rings is 1. The first-order chi connectivity index (χ1) is 18.0. The molecule has 0 saturated heterocycles. The van der Waals surface area contributed by atoms with Gasteiger partial charge >= 0.3 is 5.63 Å². The first-order valence-corrected chi connectivity index (χ1v) is 14.7. The maximum absolute atomic E-state index is 14.1. The molecular formula is C31H41F2NO4. The summed E-state index contributed by atoms with van der Waals surface area (Å²) in [5.74, 6) is 0.817. The van der Waals surface area contributed by atoms with Crippen molar-refractivity contribution in [2.75, 3.05) is 0 Å². The SMILES string of the molecule is C[C@H](CCc1nc2ccc(F)c(F)c2c(=O)o1)[C@H]1CC[C@H]2[C@@H]3CC[C@@H]4C[C@H](O)CC[C@]4(C)C3C[C@H](O)[C@]12C. The Morgan fingerprint density at radius 2 is 1.87 bits per heavy atom. The van der Waals surface area contributed by atoms with E-state index in [4.69, 9.17) is 4.42 Å². The van der Waals surface area contributed by atoms with E-state index in [1.54, 1.807) is 0 Å². The highest BCUT2D eigenvalue weighted by Gasteiger charge is 2.63. The molecular weight excluding hydrogens is 488 g/mol. The zero-order valence-electron chi connectivity index (χ0n) is 22.8. The number of hydrogen-bond donors (Lipinski definition) is 2. The molecule has 1 heterocycles. The van der Waals surface area contributed by atoms with Gasteiger partial charge in [0.15, 0.2) is 17.5 Å². The number of hydrogen-bond acceptors (Lipinski definition) is 5. The second-order valence-corrected chi connectivity index (χ2v) is 13.6. The summed E-state index contributed by atoms with van der Waals surface area (Å²) in [6, 6.07) is 2.30. The zero-order valence-corrected chi connectivity index (χ0v) is 22.8. The second-order valence-electron chi connectivity index (χ2n) is 13.6. The van der Waals surface area contributed by atoms with Crippen molar-refractivity contribution in [3.8, 4) is 0 Å². The summed E-state index contributed by atoms with van der Waals surface area (Å²) in [7, 11) is 0. The standard InChI is InChI=1S/C31H41F2NO4/c1-16(4-11-26-34-24-10-9-23(32)28(33)27(24)29(37)38-26)20-7-8-21-19-6-5-17-14-18(35)12-13-30(17,2)22(19)15-25(36)31(20,21)3/h9-10,16-22,25,35-36H,4-8,11-15H2,1-3H3/t16-,17-,18-,19+,20-,21+,22?,25+,30+,31-/m1/s1. The molecule has 4 aliphatic carbocycles. The van der Waals surface area contributed by atoms with Crippen LogP contribution in [0.2, 0.25) is 0 Å². The normalized spacial score (nSPS) is 41.4. The zero-order chi connectivity index (χ0) is 27.0. The molecule has 1 unspecified atom stereocenters. The molecule has 0 spiro atoms. The van der Waals surface area contributed by atoms with Crippen LogP contribution < -0.4 is 5.63 Å². The van der Waals surface area contributed by atoms with Gasteiger partial charge in [-0.05, 0) is 116 Å². The Bertz CT molecular complexity index is 1280. The summed E-state index contributed by atoms with van der Waals surface area (Å²) in [6.45, 7) is 6.99. The van der Waals surface area contributed by atoms with Crippen molar-refractivity contribution in [2.45, 2.75) is 97.2 Å². The minimum Gasteiger partial charge on any atom is -0.408 e. The first kappa shape index (κ1) is 26.4. The smallest absolute Gasteiger partial charge is 0.349 e. The highest BCUT2D eigenvalue weighted by atomic mass is 19.2. The lowest BCUT2D eigenvalue weighted by molar-refractivity contribution is -0.174. The maximum atomic E-state index is 14.1. The van der Waals surface area contributed by atoms with Crippen LogP contribution in [0.5, 0.6) is 0 Å². The highest BCUT2D eigenvalue weighted by molar-refractivity contribution is 5.77. The number of rotatable bonds is 4. The quantitative estimate of drug-likeness (QED) is 0.506. The fraction of sp³-hybridized carbons (Fsp3) is 0.742. The van der Waals surface area contributed by atoms with Gasteiger partial charge in [0, 0.05) is 6.42 Å². The molecule has 0 bridgehead atoms. The average Bonchev–Trinajstić information content (AvgIpc) is 3.24. The molecule has 38 heavy (non-hydrogen) atoms. The van der Waals surface area contributed by atoms with Gasteiger partial charge in [-0.25, -0.2) is 18.6 Å². The van der Waals surface area contributed by atoms with Gasteiger partial charge in [-0.2, -0.15) is 0 Å². The summed E-state index contributed by atoms with van der Waals surface area (Å²) in [5.41, 5.74) is -0.703. The Kier molecular flexibility index (Phi) is 6.50. The van der Waals surface area contributed by atoms with Crippen LogP contribution >= 0.6 is 0 Å². The molecule has 2 aromatic rings. The third-order valence-electron chi connectivity index (χ3n) is 12.0. The van der Waals surface area contributed by atoms with Gasteiger partial charge in [0.25, 0.3) is 0 Å². The van der Waals surface area contributed by atoms with Crippen molar-refractivity contribution in [3.05, 3.63) is 40.1 Å². The summed E-state index contributed by atoms with van der Waals surface area (Å²) in [4.78, 5) is 16.7. The Labute approximate surface area is 223 Å². The molecule has 10 atom stereocenters. The molecule has 1 aromatic heterocycles. The van der Waals surface area contributed by atoms with E-state index in [1.165, 1.54) is 18.9 Å². The van der Waals surface area contributed by atoms with Crippen molar-refractivity contribution >= 4 is 10.9 Å². The van der Waals surface area contributed by atoms with Gasteiger partial charge < -0.3 is 14.6 Å². The lowest BCUT2D eigenvalue weighted by Gasteiger charge is -2.62. The number of aryl methyl sites for hydroxylation is 1. The lowest BCUT2D eigenvalue weighted by Crippen LogP contribution is -2.58. The summed E-state index contributed by atoms with van der Waals surface area (Å²) < 4.78 is 32.9. The molecule has 0 aliphatic heterocycles. The number of aliphatic hydroxyl groups is 2. The van der Waals surface area contributed by atoms with Crippen molar-refractivity contribution in [2.24, 2.45) is 46.3 Å². The first-order valence-electron chi connectivity index (χ1n) is 14.7. The number of aliphatic hydroxyl groups excluding tert-OH is 2. The number of fused-ring (bicyclic) bond motifs is 6. The lowest BCUT2D eigenvalue weighted by atomic mass is 9.43. The monoisotopic (exact) mass is 529 g/mol. The largest absolute Gasteiger partial charge is 0.408 e. The molecule has 0 radical (unpaired) electrons. The molecule has 5 nitrogen and oxygen atoms in total. The molecule has 6 rings (SSSR count). The Morgan fingerprint density at radius 1 is 1.08 bits per heavy atom. The van der Waals surface area contributed by atoms with Crippen molar-refractivity contribution in [3.63, 3.8) is 0 Å². The van der Waals surface area contributed by atoms with Gasteiger partial charge in [-0.3, -0.25) is 0 Å². The number of halogens is 2. The van der Waals surface area contributed by atoms with Gasteiger partial charge in [0.2, 0.25) is 0 Å². The molecule has 1 aromatic carbocycles. The summed E-state index contributed by atoms with van der Waals surface area (Å²) in [6.07, 6.45) is 9.01. The Morgan fingerprint density at radius 3 is 2.66 bits per heavy atom. The van der Waals surface area contributed by atoms with Crippen LogP contribution in [-0.2, 0) is 6.42 Å². The number of nitrogens with zero attached hydrogens (tertiary/aromatic N) is 1. The highest BCUT2D eigenvalue weighted by Crippen LogP contribution is 2.68. The molecule has 208 valence electrons. The second kappa shape index (κ2) is 9.36. The third kappa shape index (κ3) is 3.89. The van der Waals surface area contributed by atoms with Crippen LogP contribution in [0.1, 0.15) is 84.4 Å². The van der Waals surface area contributed by atoms with Crippen LogP contribution in [0.4, 0.5) is 8.78 Å². The topological polar surface area (TPSA) is 83.6 Å². The average molecular weight is 530 g/mol. The van der Waals surface area contributed by atoms with Gasteiger partial charge in [-0.15, -0.1) is 0 Å². The van der Waals surface area contributed by atoms with Gasteiger partial charge in [0.05, 0.1) is 17.7 Å². The van der Waals surface area contributed by atoms with Crippen LogP contribution in [0.15, 0.2) is 21.3 Å². The van der Waals surface area contributed by atoms with E-state index in [0.717, 1.165) is 51.0 Å². The Balaban J connectivity index is 1.19. The fourth-order valence-corrected chi connectivity index (χ4v) is 9.96. The predicted octanol–water partition coefficient (Wildman–Crippen LogP) is 6.03. The minimum atomic E-state index is -1.22. The molecule has 0 amide bonds. The van der Waals surface area contributed by atoms with E-state index in [-0.39, 0.29) is 34.4 Å². The van der Waals surface area contributed by atoms with Crippen LogP contribution in [0.25, 0.3) is 10.9 Å². The number of aromatic nitrogens is 1. The van der Waals surface area contributed by atoms with E-state index >= 15 is 0 Å². The molecule has 4 saturated carbocycles. The van der Waals surface area contributed by atoms with Crippen LogP contribution in [0, 0.1) is 58.0 Å². The molecule has 2 N–H and O–H groups in total. The summed E-state index contributed by atoms with van der Waals surface area (Å²) in [5, 5.41) is 21.6. The van der Waals surface area contributed by atoms with E-state index in [1.807, 2.05) is 0 Å². The van der Waals surface area contributed by atoms with Crippen molar-refractivity contribution in [1.29, 1.82) is 0 Å². The molecule has 4 aliphatic rings. The molecule has 7 heteroatoms. The Hall–Kier alpha value is -1.86. The van der Waals surface area contributed by atoms with E-state index in [9.17, 15) is 23.8 Å². The molecule has 4 fully saturated rings. The van der Waals surface area contributed by atoms with E-state index < -0.39 is 22.6 Å².